The number of hydrogen-bond acceptors (Lipinski definition) is 5. The number of furan rings is 1. The smallest absolute Gasteiger partial charge is 0.262 e. The zero-order valence-corrected chi connectivity index (χ0v) is 18.5. The summed E-state index contributed by atoms with van der Waals surface area (Å²) >= 11 is 7.34. The first-order valence-corrected chi connectivity index (χ1v) is 10.8. The number of amides is 1. The van der Waals surface area contributed by atoms with Gasteiger partial charge in [0.1, 0.15) is 5.76 Å². The van der Waals surface area contributed by atoms with Gasteiger partial charge in [-0.1, -0.05) is 23.4 Å². The summed E-state index contributed by atoms with van der Waals surface area (Å²) in [6.45, 7) is 8.21. The fourth-order valence-corrected chi connectivity index (χ4v) is 4.39. The van der Waals surface area contributed by atoms with Crippen LogP contribution in [0.3, 0.4) is 0 Å². The van der Waals surface area contributed by atoms with Crippen LogP contribution in [0, 0.1) is 0 Å². The van der Waals surface area contributed by atoms with E-state index in [9.17, 15) is 9.59 Å². The van der Waals surface area contributed by atoms with Crippen molar-refractivity contribution in [3.63, 3.8) is 0 Å². The average molecular weight is 434 g/mol. The van der Waals surface area contributed by atoms with Crippen LogP contribution in [-0.2, 0) is 11.3 Å². The summed E-state index contributed by atoms with van der Waals surface area (Å²) in [7, 11) is 0. The number of benzene rings is 1. The Morgan fingerprint density at radius 3 is 2.59 bits per heavy atom. The lowest BCUT2D eigenvalue weighted by Crippen LogP contribution is -2.43. The molecular weight excluding hydrogens is 410 g/mol. The van der Waals surface area contributed by atoms with Crippen molar-refractivity contribution >= 4 is 40.2 Å². The van der Waals surface area contributed by atoms with Crippen LogP contribution in [-0.4, -0.2) is 38.2 Å². The first-order chi connectivity index (χ1) is 13.8. The van der Waals surface area contributed by atoms with Crippen LogP contribution < -0.4 is 5.56 Å². The molecule has 0 fully saturated rings. The predicted octanol–water partition coefficient (Wildman–Crippen LogP) is 4.43. The molecule has 0 spiro atoms. The number of hydrogen-bond donors (Lipinski definition) is 0. The van der Waals surface area contributed by atoms with Crippen LogP contribution in [0.1, 0.15) is 33.5 Å². The van der Waals surface area contributed by atoms with Gasteiger partial charge in [-0.25, -0.2) is 4.98 Å². The van der Waals surface area contributed by atoms with Gasteiger partial charge in [-0.3, -0.25) is 14.2 Å². The second kappa shape index (κ2) is 9.05. The van der Waals surface area contributed by atoms with E-state index < -0.39 is 0 Å². The molecule has 0 aliphatic carbocycles. The van der Waals surface area contributed by atoms with Crippen LogP contribution in [0.4, 0.5) is 0 Å². The minimum Gasteiger partial charge on any atom is -0.467 e. The highest BCUT2D eigenvalue weighted by Gasteiger charge is 2.21. The molecule has 0 saturated heterocycles. The van der Waals surface area contributed by atoms with Crippen LogP contribution >= 0.6 is 23.4 Å². The molecule has 29 heavy (non-hydrogen) atoms. The Bertz CT molecular complexity index is 1050. The van der Waals surface area contributed by atoms with Crippen molar-refractivity contribution in [2.45, 2.75) is 51.5 Å². The molecule has 3 rings (SSSR count). The summed E-state index contributed by atoms with van der Waals surface area (Å²) in [5.41, 5.74) is 0.320. The van der Waals surface area contributed by atoms with Gasteiger partial charge in [0.25, 0.3) is 5.56 Å². The fraction of sp³-hybridized carbons (Fsp3) is 0.381. The Balaban J connectivity index is 1.98. The molecule has 2 heterocycles. The number of halogens is 1. The summed E-state index contributed by atoms with van der Waals surface area (Å²) < 4.78 is 6.96. The fourth-order valence-electron chi connectivity index (χ4n) is 3.35. The number of carbonyl (C=O) groups excluding carboxylic acids is 1. The molecule has 2 aromatic heterocycles. The van der Waals surface area contributed by atoms with E-state index in [-0.39, 0.29) is 35.8 Å². The monoisotopic (exact) mass is 433 g/mol. The molecule has 0 atom stereocenters. The molecule has 1 amide bonds. The number of fused-ring (bicyclic) bond motifs is 1. The van der Waals surface area contributed by atoms with Crippen molar-refractivity contribution in [2.75, 3.05) is 5.75 Å². The minimum absolute atomic E-state index is 0.00462. The molecule has 0 aliphatic heterocycles. The third kappa shape index (κ3) is 4.85. The van der Waals surface area contributed by atoms with E-state index in [0.717, 1.165) is 0 Å². The van der Waals surface area contributed by atoms with Gasteiger partial charge in [-0.2, -0.15) is 0 Å². The maximum atomic E-state index is 13.1. The van der Waals surface area contributed by atoms with E-state index >= 15 is 0 Å². The summed E-state index contributed by atoms with van der Waals surface area (Å²) in [4.78, 5) is 32.4. The normalized spacial score (nSPS) is 11.6. The molecule has 6 nitrogen and oxygen atoms in total. The number of carbonyl (C=O) groups is 1. The predicted molar refractivity (Wildman–Crippen MR) is 117 cm³/mol. The van der Waals surface area contributed by atoms with Crippen molar-refractivity contribution in [2.24, 2.45) is 0 Å². The standard InChI is InChI=1S/C21H24ClN3O3S/c1-13(2)25(14(3)4)19(26)12-29-21-23-18-10-15(22)7-8-17(18)20(27)24(21)11-16-6-5-9-28-16/h5-10,13-14H,11-12H2,1-4H3. The third-order valence-electron chi connectivity index (χ3n) is 4.50. The summed E-state index contributed by atoms with van der Waals surface area (Å²) in [6, 6.07) is 8.77. The van der Waals surface area contributed by atoms with E-state index in [2.05, 4.69) is 4.98 Å². The Morgan fingerprint density at radius 1 is 1.24 bits per heavy atom. The molecular formula is C21H24ClN3O3S. The zero-order chi connectivity index (χ0) is 21.1. The topological polar surface area (TPSA) is 68.3 Å². The lowest BCUT2D eigenvalue weighted by atomic mass is 10.2. The van der Waals surface area contributed by atoms with E-state index in [1.54, 1.807) is 41.2 Å². The van der Waals surface area contributed by atoms with Gasteiger partial charge < -0.3 is 9.32 Å². The highest BCUT2D eigenvalue weighted by atomic mass is 35.5. The van der Waals surface area contributed by atoms with E-state index in [1.807, 2.05) is 32.6 Å². The van der Waals surface area contributed by atoms with Gasteiger partial charge in [-0.15, -0.1) is 0 Å². The van der Waals surface area contributed by atoms with Crippen LogP contribution in [0.25, 0.3) is 10.9 Å². The Morgan fingerprint density at radius 2 is 1.97 bits per heavy atom. The number of rotatable bonds is 7. The van der Waals surface area contributed by atoms with E-state index in [0.29, 0.717) is 26.8 Å². The highest BCUT2D eigenvalue weighted by molar-refractivity contribution is 7.99. The van der Waals surface area contributed by atoms with Crippen molar-refractivity contribution in [1.29, 1.82) is 0 Å². The molecule has 8 heteroatoms. The highest BCUT2D eigenvalue weighted by Crippen LogP contribution is 2.22. The van der Waals surface area contributed by atoms with Gasteiger partial charge >= 0.3 is 0 Å². The molecule has 154 valence electrons. The lowest BCUT2D eigenvalue weighted by Gasteiger charge is -2.30. The summed E-state index contributed by atoms with van der Waals surface area (Å²) in [5.74, 6) is 0.832. The minimum atomic E-state index is -0.192. The molecule has 3 aromatic rings. The van der Waals surface area contributed by atoms with Crippen molar-refractivity contribution in [3.05, 3.63) is 57.7 Å². The lowest BCUT2D eigenvalue weighted by molar-refractivity contribution is -0.131. The van der Waals surface area contributed by atoms with Gasteiger partial charge in [0.05, 0.1) is 29.5 Å². The second-order valence-electron chi connectivity index (χ2n) is 7.30. The van der Waals surface area contributed by atoms with E-state index in [1.165, 1.54) is 11.8 Å². The van der Waals surface area contributed by atoms with Gasteiger partial charge in [-0.05, 0) is 58.0 Å². The third-order valence-corrected chi connectivity index (χ3v) is 5.70. The van der Waals surface area contributed by atoms with Crippen LogP contribution in [0.15, 0.2) is 51.0 Å². The molecule has 1 aromatic carbocycles. The molecule has 0 aliphatic rings. The summed E-state index contributed by atoms with van der Waals surface area (Å²) in [5, 5.41) is 1.44. The number of nitrogens with zero attached hydrogens (tertiary/aromatic N) is 3. The van der Waals surface area contributed by atoms with Gasteiger partial charge in [0.2, 0.25) is 5.91 Å². The quantitative estimate of drug-likeness (QED) is 0.407. The average Bonchev–Trinajstić information content (AvgIpc) is 3.15. The van der Waals surface area contributed by atoms with Crippen molar-refractivity contribution in [1.82, 2.24) is 14.5 Å². The number of thioether (sulfide) groups is 1. The largest absolute Gasteiger partial charge is 0.467 e. The number of aromatic nitrogens is 2. The molecule has 0 radical (unpaired) electrons. The molecule has 0 unspecified atom stereocenters. The SMILES string of the molecule is CC(C)N(C(=O)CSc1nc2cc(Cl)ccc2c(=O)n1Cc1ccco1)C(C)C. The molecule has 0 bridgehead atoms. The molecule has 0 saturated carbocycles. The first-order valence-electron chi connectivity index (χ1n) is 9.44. The maximum absolute atomic E-state index is 13.1. The maximum Gasteiger partial charge on any atom is 0.262 e. The Labute approximate surface area is 178 Å². The zero-order valence-electron chi connectivity index (χ0n) is 16.9. The Hall–Kier alpha value is -2.25. The summed E-state index contributed by atoms with van der Waals surface area (Å²) in [6.07, 6.45) is 1.56. The van der Waals surface area contributed by atoms with Gasteiger partial charge in [0, 0.05) is 17.1 Å². The second-order valence-corrected chi connectivity index (χ2v) is 8.68. The van der Waals surface area contributed by atoms with Crippen LogP contribution in [0.5, 0.6) is 0 Å². The molecule has 0 N–H and O–H groups in total. The van der Waals surface area contributed by atoms with Crippen LogP contribution in [0.2, 0.25) is 5.02 Å². The Kier molecular flexibility index (Phi) is 6.70. The first kappa shape index (κ1) is 21.5. The van der Waals surface area contributed by atoms with Crippen molar-refractivity contribution in [3.8, 4) is 0 Å². The van der Waals surface area contributed by atoms with Gasteiger partial charge in [0.15, 0.2) is 5.16 Å². The van der Waals surface area contributed by atoms with E-state index in [4.69, 9.17) is 16.0 Å². The van der Waals surface area contributed by atoms with Crippen molar-refractivity contribution < 1.29 is 9.21 Å².